The number of anilines is 1. The molecule has 0 aliphatic rings. The van der Waals surface area contributed by atoms with Crippen LogP contribution in [0.3, 0.4) is 0 Å². The monoisotopic (exact) mass is 308 g/mol. The van der Waals surface area contributed by atoms with Crippen molar-refractivity contribution in [1.82, 2.24) is 19.1 Å². The Balaban J connectivity index is 2.59. The van der Waals surface area contributed by atoms with E-state index in [0.29, 0.717) is 43.3 Å². The van der Waals surface area contributed by atoms with Crippen molar-refractivity contribution in [1.29, 1.82) is 0 Å². The van der Waals surface area contributed by atoms with E-state index in [-0.39, 0.29) is 17.2 Å². The first-order chi connectivity index (χ1) is 10.5. The van der Waals surface area contributed by atoms with Crippen LogP contribution in [-0.4, -0.2) is 32.2 Å². The first kappa shape index (κ1) is 16.3. The molecule has 2 rings (SSSR count). The highest BCUT2D eigenvalue weighted by atomic mass is 16.2. The number of rotatable bonds is 7. The molecule has 0 spiro atoms. The maximum atomic E-state index is 12.5. The maximum Gasteiger partial charge on any atom is 0.332 e. The van der Waals surface area contributed by atoms with E-state index in [0.717, 1.165) is 6.42 Å². The highest BCUT2D eigenvalue weighted by Crippen LogP contribution is 2.11. The van der Waals surface area contributed by atoms with Gasteiger partial charge in [-0.15, -0.1) is 0 Å². The Labute approximate surface area is 128 Å². The third kappa shape index (κ3) is 3.06. The fourth-order valence-corrected chi connectivity index (χ4v) is 2.37. The van der Waals surface area contributed by atoms with Crippen LogP contribution in [0.25, 0.3) is 11.2 Å². The number of nitrogens with zero attached hydrogens (tertiary/aromatic N) is 3. The molecule has 8 heteroatoms. The third-order valence-corrected chi connectivity index (χ3v) is 3.40. The number of aromatic amines is 1. The number of H-pyrrole nitrogens is 1. The zero-order chi connectivity index (χ0) is 16.3. The van der Waals surface area contributed by atoms with Crippen LogP contribution in [0.1, 0.15) is 27.2 Å². The number of nitrogens with one attached hydrogen (secondary N) is 2. The summed E-state index contributed by atoms with van der Waals surface area (Å²) in [6.45, 7) is 7.91. The summed E-state index contributed by atoms with van der Waals surface area (Å²) in [6, 6.07) is 0. The van der Waals surface area contributed by atoms with Crippen LogP contribution >= 0.6 is 0 Å². The predicted molar refractivity (Wildman–Crippen MR) is 87.3 cm³/mol. The highest BCUT2D eigenvalue weighted by molar-refractivity contribution is 5.72. The zero-order valence-corrected chi connectivity index (χ0v) is 13.3. The minimum Gasteiger partial charge on any atom is -0.356 e. The molecule has 122 valence electrons. The van der Waals surface area contributed by atoms with Crippen molar-refractivity contribution >= 4 is 17.1 Å². The smallest absolute Gasteiger partial charge is 0.332 e. The van der Waals surface area contributed by atoms with E-state index in [1.807, 2.05) is 13.8 Å². The van der Waals surface area contributed by atoms with E-state index in [2.05, 4.69) is 15.3 Å². The van der Waals surface area contributed by atoms with Crippen LogP contribution < -0.4 is 22.3 Å². The van der Waals surface area contributed by atoms with Crippen LogP contribution in [0.5, 0.6) is 0 Å². The Hall–Kier alpha value is -2.09. The Morgan fingerprint density at radius 3 is 2.64 bits per heavy atom. The lowest BCUT2D eigenvalue weighted by molar-refractivity contribution is 0.491. The molecule has 2 aromatic rings. The zero-order valence-electron chi connectivity index (χ0n) is 13.3. The second-order valence-corrected chi connectivity index (χ2v) is 5.69. The highest BCUT2D eigenvalue weighted by Gasteiger charge is 2.17. The van der Waals surface area contributed by atoms with Gasteiger partial charge in [0.05, 0.1) is 0 Å². The van der Waals surface area contributed by atoms with Gasteiger partial charge in [0.15, 0.2) is 11.2 Å². The number of aromatic nitrogens is 4. The van der Waals surface area contributed by atoms with Gasteiger partial charge < -0.3 is 16.0 Å². The third-order valence-electron chi connectivity index (χ3n) is 3.40. The second-order valence-electron chi connectivity index (χ2n) is 5.69. The summed E-state index contributed by atoms with van der Waals surface area (Å²) in [5.74, 6) is 0.764. The molecule has 0 atom stereocenters. The maximum absolute atomic E-state index is 12.5. The van der Waals surface area contributed by atoms with E-state index in [1.54, 1.807) is 11.5 Å². The standard InChI is InChI=1S/C14H24N6O2/c1-4-19-12(21)10-11(20(14(19)22)8-9(2)3)18-13(17-10)16-7-5-6-15/h9H,4-8,15H2,1-3H3,(H2,16,17,18). The van der Waals surface area contributed by atoms with E-state index >= 15 is 0 Å². The quantitative estimate of drug-likeness (QED) is 0.638. The summed E-state index contributed by atoms with van der Waals surface area (Å²) in [6.07, 6.45) is 0.801. The normalized spacial score (nSPS) is 11.5. The van der Waals surface area contributed by atoms with Crippen molar-refractivity contribution in [2.45, 2.75) is 40.3 Å². The topological polar surface area (TPSA) is 111 Å². The molecule has 0 fully saturated rings. The molecule has 0 unspecified atom stereocenters. The van der Waals surface area contributed by atoms with Gasteiger partial charge >= 0.3 is 5.69 Å². The van der Waals surface area contributed by atoms with Crippen LogP contribution in [0, 0.1) is 5.92 Å². The Morgan fingerprint density at radius 1 is 1.32 bits per heavy atom. The average Bonchev–Trinajstić information content (AvgIpc) is 2.88. The SMILES string of the molecule is CCn1c(=O)c2[nH]c(NCCCN)nc2n(CC(C)C)c1=O. The van der Waals surface area contributed by atoms with Gasteiger partial charge in [-0.2, -0.15) is 4.98 Å². The summed E-state index contributed by atoms with van der Waals surface area (Å²) in [7, 11) is 0. The van der Waals surface area contributed by atoms with Gasteiger partial charge in [0, 0.05) is 19.6 Å². The first-order valence-corrected chi connectivity index (χ1v) is 7.66. The van der Waals surface area contributed by atoms with Crippen molar-refractivity contribution in [3.63, 3.8) is 0 Å². The first-order valence-electron chi connectivity index (χ1n) is 7.66. The van der Waals surface area contributed by atoms with Gasteiger partial charge in [-0.3, -0.25) is 13.9 Å². The molecule has 4 N–H and O–H groups in total. The minimum atomic E-state index is -0.332. The molecule has 0 amide bonds. The lowest BCUT2D eigenvalue weighted by atomic mass is 10.2. The molecule has 2 aromatic heterocycles. The Morgan fingerprint density at radius 2 is 2.05 bits per heavy atom. The van der Waals surface area contributed by atoms with Gasteiger partial charge in [-0.05, 0) is 25.8 Å². The number of hydrogen-bond donors (Lipinski definition) is 3. The van der Waals surface area contributed by atoms with Crippen molar-refractivity contribution in [2.75, 3.05) is 18.4 Å². The summed E-state index contributed by atoms with van der Waals surface area (Å²) in [5, 5.41) is 3.09. The van der Waals surface area contributed by atoms with Crippen molar-refractivity contribution in [3.8, 4) is 0 Å². The summed E-state index contributed by atoms with van der Waals surface area (Å²) in [5.41, 5.74) is 5.58. The molecule has 0 saturated carbocycles. The van der Waals surface area contributed by atoms with E-state index in [1.165, 1.54) is 4.57 Å². The number of hydrogen-bond acceptors (Lipinski definition) is 5. The molecule has 0 saturated heterocycles. The van der Waals surface area contributed by atoms with Crippen LogP contribution in [0.2, 0.25) is 0 Å². The van der Waals surface area contributed by atoms with Crippen molar-refractivity contribution in [2.24, 2.45) is 11.7 Å². The Bertz CT molecular complexity index is 755. The Kier molecular flexibility index (Phi) is 5.02. The number of imidazole rings is 1. The van der Waals surface area contributed by atoms with Gasteiger partial charge in [0.1, 0.15) is 0 Å². The molecular weight excluding hydrogens is 284 g/mol. The van der Waals surface area contributed by atoms with E-state index in [9.17, 15) is 9.59 Å². The largest absolute Gasteiger partial charge is 0.356 e. The summed E-state index contributed by atoms with van der Waals surface area (Å²) >= 11 is 0. The van der Waals surface area contributed by atoms with Crippen molar-refractivity contribution < 1.29 is 0 Å². The fourth-order valence-electron chi connectivity index (χ4n) is 2.37. The fraction of sp³-hybridized carbons (Fsp3) is 0.643. The van der Waals surface area contributed by atoms with E-state index in [4.69, 9.17) is 5.73 Å². The van der Waals surface area contributed by atoms with Gasteiger partial charge in [-0.25, -0.2) is 4.79 Å². The molecule has 0 bridgehead atoms. The lowest BCUT2D eigenvalue weighted by Gasteiger charge is -2.11. The molecule has 0 aliphatic carbocycles. The van der Waals surface area contributed by atoms with Crippen LogP contribution in [0.4, 0.5) is 5.95 Å². The molecule has 0 aromatic carbocycles. The lowest BCUT2D eigenvalue weighted by Crippen LogP contribution is -2.40. The second kappa shape index (κ2) is 6.78. The number of fused-ring (bicyclic) bond motifs is 1. The van der Waals surface area contributed by atoms with E-state index < -0.39 is 0 Å². The molecule has 0 radical (unpaired) electrons. The molecule has 2 heterocycles. The number of nitrogens with two attached hydrogens (primary N) is 1. The summed E-state index contributed by atoms with van der Waals surface area (Å²) < 4.78 is 2.79. The van der Waals surface area contributed by atoms with Gasteiger partial charge in [0.25, 0.3) is 5.56 Å². The van der Waals surface area contributed by atoms with Crippen molar-refractivity contribution in [3.05, 3.63) is 20.8 Å². The molecule has 8 nitrogen and oxygen atoms in total. The molecule has 22 heavy (non-hydrogen) atoms. The average molecular weight is 308 g/mol. The summed E-state index contributed by atoms with van der Waals surface area (Å²) in [4.78, 5) is 32.2. The van der Waals surface area contributed by atoms with Crippen LogP contribution in [0.15, 0.2) is 9.59 Å². The molecular formula is C14H24N6O2. The van der Waals surface area contributed by atoms with Gasteiger partial charge in [-0.1, -0.05) is 13.8 Å². The van der Waals surface area contributed by atoms with Gasteiger partial charge in [0.2, 0.25) is 5.95 Å². The molecule has 0 aliphatic heterocycles. The minimum absolute atomic E-state index is 0.272. The predicted octanol–water partition coefficient (Wildman–Crippen LogP) is 0.323. The van der Waals surface area contributed by atoms with Crippen LogP contribution in [-0.2, 0) is 13.1 Å².